The lowest BCUT2D eigenvalue weighted by molar-refractivity contribution is -0.129. The number of benzene rings is 3. The summed E-state index contributed by atoms with van der Waals surface area (Å²) in [5.74, 6) is 1.35. The molecule has 1 aliphatic rings. The van der Waals surface area contributed by atoms with E-state index in [0.29, 0.717) is 38.8 Å². The van der Waals surface area contributed by atoms with Gasteiger partial charge in [0.1, 0.15) is 11.0 Å². The molecule has 192 valence electrons. The van der Waals surface area contributed by atoms with E-state index in [0.717, 1.165) is 5.56 Å². The Morgan fingerprint density at radius 3 is 2.35 bits per heavy atom. The second-order valence-corrected chi connectivity index (χ2v) is 9.67. The molecule has 8 nitrogen and oxygen atoms in total. The van der Waals surface area contributed by atoms with Crippen molar-refractivity contribution in [1.29, 1.82) is 0 Å². The van der Waals surface area contributed by atoms with E-state index in [1.807, 2.05) is 12.1 Å². The first-order chi connectivity index (χ1) is 17.9. The minimum absolute atomic E-state index is 0.0268. The Bertz CT molecular complexity index is 1300. The Morgan fingerprint density at radius 2 is 1.70 bits per heavy atom. The molecule has 2 amide bonds. The first kappa shape index (κ1) is 26.4. The van der Waals surface area contributed by atoms with Crippen molar-refractivity contribution in [3.63, 3.8) is 0 Å². The fraction of sp³-hybridized carbons (Fsp3) is 0.222. The molecule has 3 aromatic carbocycles. The number of nitrogens with zero attached hydrogens (tertiary/aromatic N) is 2. The maximum Gasteiger partial charge on any atom is 0.238 e. The fourth-order valence-electron chi connectivity index (χ4n) is 3.68. The second kappa shape index (κ2) is 12.0. The number of carbonyl (C=O) groups excluding carboxylic acids is 2. The summed E-state index contributed by atoms with van der Waals surface area (Å²) < 4.78 is 16.0. The van der Waals surface area contributed by atoms with Crippen LogP contribution in [0.25, 0.3) is 0 Å². The van der Waals surface area contributed by atoms with Crippen molar-refractivity contribution >= 4 is 51.7 Å². The van der Waals surface area contributed by atoms with Crippen LogP contribution in [-0.2, 0) is 16.1 Å². The molecule has 1 N–H and O–H groups in total. The van der Waals surface area contributed by atoms with Crippen molar-refractivity contribution in [3.05, 3.63) is 77.3 Å². The smallest absolute Gasteiger partial charge is 0.238 e. The molecule has 1 saturated heterocycles. The highest BCUT2D eigenvalue weighted by molar-refractivity contribution is 8.15. The molecule has 0 aliphatic carbocycles. The Kier molecular flexibility index (Phi) is 8.58. The number of thioether (sulfide) groups is 1. The molecule has 0 unspecified atom stereocenters. The van der Waals surface area contributed by atoms with Gasteiger partial charge in [-0.1, -0.05) is 29.4 Å². The van der Waals surface area contributed by atoms with E-state index >= 15 is 0 Å². The Balaban J connectivity index is 1.61. The lowest BCUT2D eigenvalue weighted by Gasteiger charge is -2.32. The van der Waals surface area contributed by atoms with Gasteiger partial charge in [-0.2, -0.15) is 0 Å². The maximum atomic E-state index is 13.3. The van der Waals surface area contributed by atoms with E-state index < -0.39 is 5.25 Å². The van der Waals surface area contributed by atoms with Gasteiger partial charge in [0, 0.05) is 17.1 Å². The van der Waals surface area contributed by atoms with E-state index in [4.69, 9.17) is 30.8 Å². The molecule has 0 bridgehead atoms. The monoisotopic (exact) mass is 539 g/mol. The molecule has 1 fully saturated rings. The summed E-state index contributed by atoms with van der Waals surface area (Å²) in [6.07, 6.45) is 0.0268. The number of amides is 2. The summed E-state index contributed by atoms with van der Waals surface area (Å²) in [6, 6.07) is 19.5. The van der Waals surface area contributed by atoms with Crippen LogP contribution in [0.5, 0.6) is 17.2 Å². The van der Waals surface area contributed by atoms with Gasteiger partial charge in [0.25, 0.3) is 0 Å². The fourth-order valence-corrected chi connectivity index (χ4v) is 4.91. The van der Waals surface area contributed by atoms with E-state index in [2.05, 4.69) is 5.32 Å². The number of anilines is 1. The summed E-state index contributed by atoms with van der Waals surface area (Å²) >= 11 is 7.19. The third-order valence-electron chi connectivity index (χ3n) is 5.63. The number of methoxy groups -OCH3 is 3. The number of hydrogen-bond acceptors (Lipinski definition) is 7. The van der Waals surface area contributed by atoms with Crippen LogP contribution in [0.15, 0.2) is 71.7 Å². The zero-order valence-corrected chi connectivity index (χ0v) is 22.1. The first-order valence-corrected chi connectivity index (χ1v) is 12.6. The van der Waals surface area contributed by atoms with E-state index in [9.17, 15) is 9.59 Å². The van der Waals surface area contributed by atoms with Crippen molar-refractivity contribution in [2.75, 3.05) is 26.6 Å². The highest BCUT2D eigenvalue weighted by Gasteiger charge is 2.36. The minimum atomic E-state index is -0.651. The number of aliphatic imine (C=N–C) groups is 1. The topological polar surface area (TPSA) is 89.5 Å². The van der Waals surface area contributed by atoms with Gasteiger partial charge in [0.15, 0.2) is 16.7 Å². The average molecular weight is 540 g/mol. The van der Waals surface area contributed by atoms with Gasteiger partial charge in [0.05, 0.1) is 33.6 Å². The summed E-state index contributed by atoms with van der Waals surface area (Å²) in [5.41, 5.74) is 2.06. The number of carbonyl (C=O) groups is 2. The molecule has 0 radical (unpaired) electrons. The van der Waals surface area contributed by atoms with E-state index in [1.54, 1.807) is 80.8 Å². The normalized spacial score (nSPS) is 16.4. The molecule has 0 saturated carbocycles. The standard InChI is InChI=1S/C27H26ClN3O5S/c1-34-21-11-9-20(10-12-21)30-27-31(16-17-4-13-22(35-2)23(14-17)36-3)25(32)15-24(37-27)26(33)29-19-7-5-18(28)6-8-19/h4-14,24H,15-16H2,1-3H3,(H,29,33)/t24-/m1/s1. The minimum Gasteiger partial charge on any atom is -0.497 e. The van der Waals surface area contributed by atoms with Crippen molar-refractivity contribution in [1.82, 2.24) is 4.90 Å². The summed E-state index contributed by atoms with van der Waals surface area (Å²) in [6.45, 7) is 0.257. The molecule has 1 heterocycles. The number of amidine groups is 1. The lowest BCUT2D eigenvalue weighted by atomic mass is 10.1. The molecule has 1 aliphatic heterocycles. The molecular formula is C27H26ClN3O5S. The zero-order chi connectivity index (χ0) is 26.4. The van der Waals surface area contributed by atoms with Crippen LogP contribution in [0.1, 0.15) is 12.0 Å². The van der Waals surface area contributed by atoms with Crippen LogP contribution in [0, 0.1) is 0 Å². The van der Waals surface area contributed by atoms with Crippen LogP contribution in [-0.4, -0.2) is 48.5 Å². The molecule has 3 aromatic rings. The predicted molar refractivity (Wildman–Crippen MR) is 146 cm³/mol. The summed E-state index contributed by atoms with van der Waals surface area (Å²) in [4.78, 5) is 32.7. The van der Waals surface area contributed by atoms with Gasteiger partial charge in [-0.15, -0.1) is 0 Å². The van der Waals surface area contributed by atoms with Gasteiger partial charge < -0.3 is 19.5 Å². The van der Waals surface area contributed by atoms with Crippen LogP contribution in [0.4, 0.5) is 11.4 Å². The van der Waals surface area contributed by atoms with Crippen molar-refractivity contribution < 1.29 is 23.8 Å². The lowest BCUT2D eigenvalue weighted by Crippen LogP contribution is -2.44. The third kappa shape index (κ3) is 6.55. The van der Waals surface area contributed by atoms with Crippen LogP contribution < -0.4 is 19.5 Å². The predicted octanol–water partition coefficient (Wildman–Crippen LogP) is 5.53. The highest BCUT2D eigenvalue weighted by atomic mass is 35.5. The molecule has 0 aromatic heterocycles. The molecule has 4 rings (SSSR count). The Hall–Kier alpha value is -3.69. The maximum absolute atomic E-state index is 13.3. The number of hydrogen-bond donors (Lipinski definition) is 1. The number of nitrogens with one attached hydrogen (secondary N) is 1. The third-order valence-corrected chi connectivity index (χ3v) is 7.07. The molecule has 10 heteroatoms. The molecule has 0 spiro atoms. The van der Waals surface area contributed by atoms with Crippen LogP contribution in [0.2, 0.25) is 5.02 Å². The molecule has 37 heavy (non-hydrogen) atoms. The molecular weight excluding hydrogens is 514 g/mol. The zero-order valence-electron chi connectivity index (χ0n) is 20.6. The number of rotatable bonds is 8. The second-order valence-electron chi connectivity index (χ2n) is 8.07. The Labute approximate surface area is 224 Å². The van der Waals surface area contributed by atoms with Gasteiger partial charge in [0.2, 0.25) is 11.8 Å². The largest absolute Gasteiger partial charge is 0.497 e. The highest BCUT2D eigenvalue weighted by Crippen LogP contribution is 2.33. The van der Waals surface area contributed by atoms with E-state index in [1.165, 1.54) is 11.8 Å². The molecule has 1 atom stereocenters. The first-order valence-electron chi connectivity index (χ1n) is 11.4. The van der Waals surface area contributed by atoms with Crippen molar-refractivity contribution in [2.45, 2.75) is 18.2 Å². The van der Waals surface area contributed by atoms with Gasteiger partial charge in [-0.3, -0.25) is 14.5 Å². The van der Waals surface area contributed by atoms with Crippen LogP contribution >= 0.6 is 23.4 Å². The quantitative estimate of drug-likeness (QED) is 0.405. The van der Waals surface area contributed by atoms with Crippen molar-refractivity contribution in [3.8, 4) is 17.2 Å². The van der Waals surface area contributed by atoms with E-state index in [-0.39, 0.29) is 24.8 Å². The van der Waals surface area contributed by atoms with Gasteiger partial charge in [-0.25, -0.2) is 4.99 Å². The Morgan fingerprint density at radius 1 is 1.00 bits per heavy atom. The van der Waals surface area contributed by atoms with Crippen molar-refractivity contribution in [2.24, 2.45) is 4.99 Å². The SMILES string of the molecule is COc1ccc(N=C2S[C@@H](C(=O)Nc3ccc(Cl)cc3)CC(=O)N2Cc2ccc(OC)c(OC)c2)cc1. The summed E-state index contributed by atoms with van der Waals surface area (Å²) in [7, 11) is 4.71. The van der Waals surface area contributed by atoms with Gasteiger partial charge >= 0.3 is 0 Å². The number of ether oxygens (including phenoxy) is 3. The average Bonchev–Trinajstić information content (AvgIpc) is 2.92. The summed E-state index contributed by atoms with van der Waals surface area (Å²) in [5, 5.41) is 3.20. The number of halogens is 1. The van der Waals surface area contributed by atoms with Gasteiger partial charge in [-0.05, 0) is 66.2 Å². The van der Waals surface area contributed by atoms with Crippen LogP contribution in [0.3, 0.4) is 0 Å².